The quantitative estimate of drug-likeness (QED) is 0.0962. The second kappa shape index (κ2) is 14.7. The predicted octanol–water partition coefficient (Wildman–Crippen LogP) is 11.6. The van der Waals surface area contributed by atoms with Gasteiger partial charge in [-0.05, 0) is 49.3 Å². The van der Waals surface area contributed by atoms with Gasteiger partial charge in [0.1, 0.15) is 11.2 Å². The topological polar surface area (TPSA) is 75.7 Å². The van der Waals surface area contributed by atoms with Crippen LogP contribution in [0.25, 0.3) is 44.0 Å². The number of benzene rings is 3. The number of nitrogens with zero attached hydrogens (tertiary/aromatic N) is 2. The van der Waals surface area contributed by atoms with E-state index in [1.165, 1.54) is 22.4 Å². The largest absolute Gasteiger partial charge is 0.512 e. The first kappa shape index (κ1) is 36.2. The number of aromatic nitrogens is 1. The summed E-state index contributed by atoms with van der Waals surface area (Å²) in [4.78, 5) is 21.4. The summed E-state index contributed by atoms with van der Waals surface area (Å²) in [6, 6.07) is 18.3. The first-order valence-electron chi connectivity index (χ1n) is 16.7. The second-order valence-corrected chi connectivity index (χ2v) is 13.6. The van der Waals surface area contributed by atoms with Crippen molar-refractivity contribution in [1.29, 1.82) is 0 Å². The van der Waals surface area contributed by atoms with E-state index in [0.717, 1.165) is 81.4 Å². The van der Waals surface area contributed by atoms with Crippen LogP contribution in [0.15, 0.2) is 69.9 Å². The molecule has 0 spiro atoms. The fourth-order valence-electron chi connectivity index (χ4n) is 6.62. The molecular weight excluding hydrogens is 761 g/mol. The smallest absolute Gasteiger partial charge is 0.162 e. The molecule has 3 heterocycles. The van der Waals surface area contributed by atoms with Crippen LogP contribution in [-0.4, -0.2) is 21.6 Å². The van der Waals surface area contributed by atoms with Crippen LogP contribution in [0.1, 0.15) is 90.8 Å². The van der Waals surface area contributed by atoms with Crippen LogP contribution < -0.4 is 0 Å². The standard InChI is InChI=1S/C28H23N2O.C13H24O2.Ir/c1-15-11-16(2)13-18(12-15)24-26-19(9-10-29-24)20-14-17-7-6-8-21-22(17)23(25(20)31-26)27(30-21)28(3,4)5;1-5-10(6-2)12(14)9-13(15)11(7-3)8-4;/h6-12,14H,1-5H3;9-11,14H,5-8H2,1-4H3;/q-1;;/b;12-9-;. The first-order valence-corrected chi connectivity index (χ1v) is 16.7. The Morgan fingerprint density at radius 3 is 2.23 bits per heavy atom. The number of aryl methyl sites for hydroxylation is 2. The molecule has 6 rings (SSSR count). The van der Waals surface area contributed by atoms with E-state index in [1.54, 1.807) is 0 Å². The van der Waals surface area contributed by atoms with Gasteiger partial charge in [0, 0.05) is 77.0 Å². The van der Waals surface area contributed by atoms with Crippen LogP contribution in [0, 0.1) is 37.2 Å². The minimum Gasteiger partial charge on any atom is -0.512 e. The summed E-state index contributed by atoms with van der Waals surface area (Å²) in [6.07, 6.45) is 6.78. The van der Waals surface area contributed by atoms with Gasteiger partial charge < -0.3 is 14.5 Å². The number of ketones is 1. The molecule has 6 heteroatoms. The van der Waals surface area contributed by atoms with Crippen LogP contribution in [0.4, 0.5) is 5.69 Å². The fraction of sp³-hybridized carbons (Fsp3) is 0.390. The van der Waals surface area contributed by atoms with Gasteiger partial charge in [0.15, 0.2) is 5.78 Å². The first-order chi connectivity index (χ1) is 21.9. The van der Waals surface area contributed by atoms with Gasteiger partial charge in [-0.3, -0.25) is 9.79 Å². The van der Waals surface area contributed by atoms with Crippen LogP contribution >= 0.6 is 0 Å². The van der Waals surface area contributed by atoms with Gasteiger partial charge in [0.2, 0.25) is 0 Å². The number of aliphatic hydroxyl groups is 1. The number of fused-ring (bicyclic) bond motifs is 4. The van der Waals surface area contributed by atoms with Gasteiger partial charge in [-0.2, -0.15) is 0 Å². The van der Waals surface area contributed by atoms with E-state index in [2.05, 4.69) is 83.1 Å². The third-order valence-corrected chi connectivity index (χ3v) is 9.16. The molecule has 1 aliphatic heterocycles. The zero-order valence-corrected chi connectivity index (χ0v) is 31.6. The summed E-state index contributed by atoms with van der Waals surface area (Å²) in [6.45, 7) is 18.9. The molecule has 3 aromatic carbocycles. The van der Waals surface area contributed by atoms with Crippen molar-refractivity contribution in [2.75, 3.05) is 0 Å². The number of carbonyl (C=O) groups excluding carboxylic acids is 1. The Morgan fingerprint density at radius 2 is 1.62 bits per heavy atom. The minimum absolute atomic E-state index is 0. The summed E-state index contributed by atoms with van der Waals surface area (Å²) >= 11 is 0. The third kappa shape index (κ3) is 7.15. The van der Waals surface area contributed by atoms with E-state index < -0.39 is 0 Å². The Labute approximate surface area is 292 Å². The van der Waals surface area contributed by atoms with Gasteiger partial charge >= 0.3 is 0 Å². The van der Waals surface area contributed by atoms with Gasteiger partial charge in [-0.15, -0.1) is 34.9 Å². The molecule has 1 N–H and O–H groups in total. The summed E-state index contributed by atoms with van der Waals surface area (Å²) in [5, 5.41) is 14.3. The Hall–Kier alpha value is -3.60. The van der Waals surface area contributed by atoms with Crippen molar-refractivity contribution in [2.45, 2.75) is 88.0 Å². The van der Waals surface area contributed by atoms with Gasteiger partial charge in [-0.1, -0.05) is 74.4 Å². The summed E-state index contributed by atoms with van der Waals surface area (Å²) in [7, 11) is 0. The van der Waals surface area contributed by atoms with Crippen molar-refractivity contribution in [3.8, 4) is 11.3 Å². The van der Waals surface area contributed by atoms with Gasteiger partial charge in [0.05, 0.1) is 17.2 Å². The van der Waals surface area contributed by atoms with E-state index in [0.29, 0.717) is 0 Å². The molecule has 0 bridgehead atoms. The summed E-state index contributed by atoms with van der Waals surface area (Å²) < 4.78 is 6.64. The Kier molecular flexibility index (Phi) is 11.3. The average Bonchev–Trinajstić information content (AvgIpc) is 3.59. The van der Waals surface area contributed by atoms with E-state index in [1.807, 2.05) is 33.9 Å². The number of pyridine rings is 1. The zero-order chi connectivity index (χ0) is 33.3. The molecule has 0 aliphatic carbocycles. The number of hydrogen-bond acceptors (Lipinski definition) is 5. The van der Waals surface area contributed by atoms with Crippen molar-refractivity contribution in [1.82, 2.24) is 4.98 Å². The fourth-order valence-corrected chi connectivity index (χ4v) is 6.62. The zero-order valence-electron chi connectivity index (χ0n) is 29.2. The van der Waals surface area contributed by atoms with E-state index >= 15 is 0 Å². The Morgan fingerprint density at radius 1 is 0.936 bits per heavy atom. The number of allylic oxidation sites excluding steroid dienone is 2. The molecule has 249 valence electrons. The van der Waals surface area contributed by atoms with E-state index in [4.69, 9.17) is 14.4 Å². The predicted molar refractivity (Wildman–Crippen MR) is 192 cm³/mol. The van der Waals surface area contributed by atoms with Crippen molar-refractivity contribution in [3.05, 3.63) is 83.3 Å². The normalized spacial score (nSPS) is 12.9. The molecule has 5 nitrogen and oxygen atoms in total. The molecule has 47 heavy (non-hydrogen) atoms. The molecule has 0 fully saturated rings. The Bertz CT molecular complexity index is 1970. The maximum Gasteiger partial charge on any atom is 0.162 e. The summed E-state index contributed by atoms with van der Waals surface area (Å²) in [5.74, 6) is 0.547. The Balaban J connectivity index is 0.000000269. The molecule has 2 aromatic heterocycles. The SMILES string of the molecule is CCC(CC)C(=O)/C=C(\O)C(CC)CC.Cc1[c-]c(-c2nccc3c2oc2c4c5c(cccc5cc23)N=C4C(C)(C)C)cc(C)c1.[Ir]. The number of carbonyl (C=O) groups is 1. The van der Waals surface area contributed by atoms with Gasteiger partial charge in [-0.25, -0.2) is 0 Å². The van der Waals surface area contributed by atoms with Crippen LogP contribution in [0.2, 0.25) is 0 Å². The van der Waals surface area contributed by atoms with Crippen LogP contribution in [0.3, 0.4) is 0 Å². The van der Waals surface area contributed by atoms with Crippen LogP contribution in [0.5, 0.6) is 0 Å². The number of hydrogen-bond donors (Lipinski definition) is 1. The maximum atomic E-state index is 11.7. The molecule has 0 saturated carbocycles. The number of aliphatic imine (C=N–C) groups is 1. The van der Waals surface area contributed by atoms with Crippen molar-refractivity contribution >= 4 is 49.9 Å². The molecule has 0 amide bonds. The molecule has 0 atom stereocenters. The number of furan rings is 1. The number of rotatable bonds is 8. The van der Waals surface area contributed by atoms with Gasteiger partial charge in [0.25, 0.3) is 0 Å². The monoisotopic (exact) mass is 808 g/mol. The minimum atomic E-state index is -0.0955. The van der Waals surface area contributed by atoms with Crippen molar-refractivity contribution in [2.24, 2.45) is 22.2 Å². The molecule has 0 unspecified atom stereocenters. The number of aliphatic hydroxyl groups excluding tert-OH is 1. The molecule has 1 aliphatic rings. The molecule has 1 radical (unpaired) electrons. The summed E-state index contributed by atoms with van der Waals surface area (Å²) in [5.41, 5.74) is 8.95. The van der Waals surface area contributed by atoms with Crippen molar-refractivity contribution < 1.29 is 34.4 Å². The molecule has 5 aromatic rings. The average molecular weight is 808 g/mol. The van der Waals surface area contributed by atoms with E-state index in [-0.39, 0.29) is 48.9 Å². The molecular formula is C41H47IrN2O3-. The van der Waals surface area contributed by atoms with E-state index in [9.17, 15) is 9.90 Å². The maximum absolute atomic E-state index is 11.7. The third-order valence-electron chi connectivity index (χ3n) is 9.16. The second-order valence-electron chi connectivity index (χ2n) is 13.6. The van der Waals surface area contributed by atoms with Crippen molar-refractivity contribution in [3.63, 3.8) is 0 Å². The molecule has 0 saturated heterocycles. The van der Waals surface area contributed by atoms with Crippen LogP contribution in [-0.2, 0) is 24.9 Å².